The van der Waals surface area contributed by atoms with Gasteiger partial charge in [-0.05, 0) is 43.4 Å². The zero-order valence-electron chi connectivity index (χ0n) is 10.9. The monoisotopic (exact) mass is 266 g/mol. The molecular formula is C15H19ClO2. The normalized spacial score (nSPS) is 11.9. The molecule has 0 N–H and O–H groups in total. The highest BCUT2D eigenvalue weighted by atomic mass is 35.5. The SMILES string of the molecule is C=C(C)C(=O)OCC(CC)Cc1ccc(Cl)cc1. The van der Waals surface area contributed by atoms with Crippen molar-refractivity contribution in [2.45, 2.75) is 26.7 Å². The van der Waals surface area contributed by atoms with E-state index in [-0.39, 0.29) is 5.97 Å². The summed E-state index contributed by atoms with van der Waals surface area (Å²) in [6.07, 6.45) is 1.85. The second kappa shape index (κ2) is 7.22. The van der Waals surface area contributed by atoms with Gasteiger partial charge >= 0.3 is 5.97 Å². The summed E-state index contributed by atoms with van der Waals surface area (Å²) in [6.45, 7) is 7.75. The lowest BCUT2D eigenvalue weighted by atomic mass is 9.98. The molecule has 0 radical (unpaired) electrons. The largest absolute Gasteiger partial charge is 0.462 e. The fraction of sp³-hybridized carbons (Fsp3) is 0.400. The van der Waals surface area contributed by atoms with Crippen LogP contribution in [0, 0.1) is 5.92 Å². The topological polar surface area (TPSA) is 26.3 Å². The van der Waals surface area contributed by atoms with Gasteiger partial charge in [0.1, 0.15) is 0 Å². The van der Waals surface area contributed by atoms with E-state index in [0.717, 1.165) is 17.9 Å². The summed E-state index contributed by atoms with van der Waals surface area (Å²) in [6, 6.07) is 7.77. The van der Waals surface area contributed by atoms with Crippen molar-refractivity contribution in [2.75, 3.05) is 6.61 Å². The highest BCUT2D eigenvalue weighted by Crippen LogP contribution is 2.16. The van der Waals surface area contributed by atoms with Crippen molar-refractivity contribution in [1.82, 2.24) is 0 Å². The van der Waals surface area contributed by atoms with E-state index in [1.807, 2.05) is 24.3 Å². The number of rotatable bonds is 6. The van der Waals surface area contributed by atoms with Crippen molar-refractivity contribution < 1.29 is 9.53 Å². The van der Waals surface area contributed by atoms with Crippen molar-refractivity contribution in [3.63, 3.8) is 0 Å². The molecule has 0 amide bonds. The quantitative estimate of drug-likeness (QED) is 0.574. The Morgan fingerprint density at radius 2 is 2.00 bits per heavy atom. The van der Waals surface area contributed by atoms with Crippen LogP contribution in [0.4, 0.5) is 0 Å². The number of hydrogen-bond acceptors (Lipinski definition) is 2. The highest BCUT2D eigenvalue weighted by Gasteiger charge is 2.11. The van der Waals surface area contributed by atoms with Crippen LogP contribution in [0.1, 0.15) is 25.8 Å². The Balaban J connectivity index is 2.49. The third kappa shape index (κ3) is 4.92. The maximum Gasteiger partial charge on any atom is 0.333 e. The molecule has 0 saturated carbocycles. The van der Waals surface area contributed by atoms with E-state index in [4.69, 9.17) is 16.3 Å². The second-order valence-corrected chi connectivity index (χ2v) is 4.92. The first-order chi connectivity index (χ1) is 8.52. The van der Waals surface area contributed by atoms with Gasteiger partial charge in [0, 0.05) is 10.6 Å². The minimum atomic E-state index is -0.315. The van der Waals surface area contributed by atoms with Crippen LogP contribution in [0.25, 0.3) is 0 Å². The lowest BCUT2D eigenvalue weighted by molar-refractivity contribution is -0.140. The van der Waals surface area contributed by atoms with Gasteiger partial charge in [-0.25, -0.2) is 4.79 Å². The average molecular weight is 267 g/mol. The molecule has 98 valence electrons. The lowest BCUT2D eigenvalue weighted by Crippen LogP contribution is -2.16. The Morgan fingerprint density at radius 1 is 1.39 bits per heavy atom. The summed E-state index contributed by atoms with van der Waals surface area (Å²) in [5.74, 6) is 0.0130. The number of benzene rings is 1. The molecule has 1 aromatic carbocycles. The zero-order chi connectivity index (χ0) is 13.5. The molecule has 0 aliphatic heterocycles. The number of ether oxygens (including phenoxy) is 1. The van der Waals surface area contributed by atoms with E-state index in [2.05, 4.69) is 13.5 Å². The fourth-order valence-corrected chi connectivity index (χ4v) is 1.72. The van der Waals surface area contributed by atoms with Gasteiger partial charge in [0.2, 0.25) is 0 Å². The van der Waals surface area contributed by atoms with Gasteiger partial charge in [0.25, 0.3) is 0 Å². The molecule has 1 unspecified atom stereocenters. The Labute approximate surface area is 114 Å². The van der Waals surface area contributed by atoms with Crippen LogP contribution in [0.15, 0.2) is 36.4 Å². The predicted octanol–water partition coefficient (Wildman–Crippen LogP) is 4.03. The maximum absolute atomic E-state index is 11.3. The molecule has 1 aromatic rings. The molecular weight excluding hydrogens is 248 g/mol. The van der Waals surface area contributed by atoms with E-state index < -0.39 is 0 Å². The Bertz CT molecular complexity index is 409. The van der Waals surface area contributed by atoms with E-state index >= 15 is 0 Å². The molecule has 18 heavy (non-hydrogen) atoms. The first kappa shape index (κ1) is 14.8. The molecule has 0 saturated heterocycles. The summed E-state index contributed by atoms with van der Waals surface area (Å²) in [4.78, 5) is 11.3. The molecule has 0 bridgehead atoms. The third-order valence-electron chi connectivity index (χ3n) is 2.81. The Hall–Kier alpha value is -1.28. The fourth-order valence-electron chi connectivity index (χ4n) is 1.59. The van der Waals surface area contributed by atoms with E-state index in [0.29, 0.717) is 18.1 Å². The first-order valence-electron chi connectivity index (χ1n) is 6.10. The molecule has 0 spiro atoms. The van der Waals surface area contributed by atoms with Gasteiger partial charge in [-0.15, -0.1) is 0 Å². The molecule has 1 atom stereocenters. The van der Waals surface area contributed by atoms with E-state index in [1.54, 1.807) is 6.92 Å². The molecule has 0 aliphatic rings. The summed E-state index contributed by atoms with van der Waals surface area (Å²) in [5.41, 5.74) is 1.65. The van der Waals surface area contributed by atoms with Crippen LogP contribution < -0.4 is 0 Å². The van der Waals surface area contributed by atoms with Gasteiger partial charge in [-0.1, -0.05) is 37.2 Å². The summed E-state index contributed by atoms with van der Waals surface area (Å²) < 4.78 is 5.19. The molecule has 3 heteroatoms. The minimum Gasteiger partial charge on any atom is -0.462 e. The smallest absolute Gasteiger partial charge is 0.333 e. The van der Waals surface area contributed by atoms with Crippen molar-refractivity contribution in [2.24, 2.45) is 5.92 Å². The molecule has 2 nitrogen and oxygen atoms in total. The van der Waals surface area contributed by atoms with Crippen LogP contribution in [-0.2, 0) is 16.0 Å². The van der Waals surface area contributed by atoms with Gasteiger partial charge in [0.05, 0.1) is 6.61 Å². The molecule has 0 aromatic heterocycles. The zero-order valence-corrected chi connectivity index (χ0v) is 11.7. The van der Waals surface area contributed by atoms with E-state index in [9.17, 15) is 4.79 Å². The van der Waals surface area contributed by atoms with Gasteiger partial charge < -0.3 is 4.74 Å². The van der Waals surface area contributed by atoms with E-state index in [1.165, 1.54) is 5.56 Å². The Kier molecular flexibility index (Phi) is 5.93. The number of halogens is 1. The minimum absolute atomic E-state index is 0.315. The second-order valence-electron chi connectivity index (χ2n) is 4.48. The van der Waals surface area contributed by atoms with Crippen LogP contribution in [0.5, 0.6) is 0 Å². The lowest BCUT2D eigenvalue weighted by Gasteiger charge is -2.15. The molecule has 0 aliphatic carbocycles. The summed E-state index contributed by atoms with van der Waals surface area (Å²) in [7, 11) is 0. The number of carbonyl (C=O) groups excluding carboxylic acids is 1. The van der Waals surface area contributed by atoms with Crippen LogP contribution in [0.3, 0.4) is 0 Å². The van der Waals surface area contributed by atoms with Gasteiger partial charge in [-0.3, -0.25) is 0 Å². The number of esters is 1. The standard InChI is InChI=1S/C15H19ClO2/c1-4-12(10-18-15(17)11(2)3)9-13-5-7-14(16)8-6-13/h5-8,12H,2,4,9-10H2,1,3H3. The van der Waals surface area contributed by atoms with Crippen molar-refractivity contribution in [3.8, 4) is 0 Å². The van der Waals surface area contributed by atoms with Gasteiger partial charge in [-0.2, -0.15) is 0 Å². The van der Waals surface area contributed by atoms with Crippen molar-refractivity contribution in [3.05, 3.63) is 47.0 Å². The number of carbonyl (C=O) groups is 1. The molecule has 0 fully saturated rings. The van der Waals surface area contributed by atoms with Gasteiger partial charge in [0.15, 0.2) is 0 Å². The maximum atomic E-state index is 11.3. The summed E-state index contributed by atoms with van der Waals surface area (Å²) >= 11 is 5.84. The summed E-state index contributed by atoms with van der Waals surface area (Å²) in [5, 5.41) is 0.737. The number of hydrogen-bond donors (Lipinski definition) is 0. The van der Waals surface area contributed by atoms with Crippen LogP contribution in [0.2, 0.25) is 5.02 Å². The van der Waals surface area contributed by atoms with Crippen molar-refractivity contribution >= 4 is 17.6 Å². The first-order valence-corrected chi connectivity index (χ1v) is 6.47. The van der Waals surface area contributed by atoms with Crippen molar-refractivity contribution in [1.29, 1.82) is 0 Å². The third-order valence-corrected chi connectivity index (χ3v) is 3.07. The average Bonchev–Trinajstić information content (AvgIpc) is 2.36. The highest BCUT2D eigenvalue weighted by molar-refractivity contribution is 6.30. The van der Waals surface area contributed by atoms with Crippen LogP contribution in [-0.4, -0.2) is 12.6 Å². The Morgan fingerprint density at radius 3 is 2.50 bits per heavy atom. The van der Waals surface area contributed by atoms with Crippen LogP contribution >= 0.6 is 11.6 Å². The molecule has 0 heterocycles. The predicted molar refractivity (Wildman–Crippen MR) is 74.7 cm³/mol. The molecule has 1 rings (SSSR count).